The van der Waals surface area contributed by atoms with Crippen molar-refractivity contribution in [3.8, 4) is 0 Å². The van der Waals surface area contributed by atoms with Gasteiger partial charge in [-0.25, -0.2) is 31.7 Å². The molecular weight excluding hydrogens is 397 g/mol. The molecule has 0 radical (unpaired) electrons. The highest BCUT2D eigenvalue weighted by Gasteiger charge is 2.57. The number of hydrogen-bond acceptors (Lipinski definition) is 4. The van der Waals surface area contributed by atoms with Crippen molar-refractivity contribution in [1.29, 1.82) is 0 Å². The van der Waals surface area contributed by atoms with Gasteiger partial charge in [-0.3, -0.25) is 0 Å². The lowest BCUT2D eigenvalue weighted by molar-refractivity contribution is -0.126. The Kier molecular flexibility index (Phi) is 6.78. The molecule has 2 aromatic rings. The monoisotopic (exact) mass is 417 g/mol. The van der Waals surface area contributed by atoms with Crippen molar-refractivity contribution in [2.75, 3.05) is 19.0 Å². The summed E-state index contributed by atoms with van der Waals surface area (Å²) in [5, 5.41) is 10.8. The Balaban J connectivity index is 0.000000253. The smallest absolute Gasteiger partial charge is 0.354 e. The molecule has 0 saturated carbocycles. The van der Waals surface area contributed by atoms with Crippen LogP contribution in [0.25, 0.3) is 0 Å². The van der Waals surface area contributed by atoms with Crippen molar-refractivity contribution in [2.24, 2.45) is 0 Å². The first-order chi connectivity index (χ1) is 13.6. The molecule has 1 aromatic carbocycles. The van der Waals surface area contributed by atoms with Gasteiger partial charge in [-0.2, -0.15) is 0 Å². The van der Waals surface area contributed by atoms with E-state index >= 15 is 0 Å². The number of rotatable bonds is 3. The van der Waals surface area contributed by atoms with Crippen molar-refractivity contribution in [3.05, 3.63) is 58.9 Å². The van der Waals surface area contributed by atoms with Gasteiger partial charge in [0.1, 0.15) is 12.2 Å². The Labute approximate surface area is 163 Å². The number of benzene rings is 1. The number of piperidine rings is 1. The van der Waals surface area contributed by atoms with E-state index in [0.29, 0.717) is 11.6 Å². The van der Waals surface area contributed by atoms with Crippen LogP contribution in [-0.4, -0.2) is 35.2 Å². The van der Waals surface area contributed by atoms with E-state index in [1.807, 2.05) is 0 Å². The van der Waals surface area contributed by atoms with Crippen LogP contribution in [0.2, 0.25) is 0 Å². The van der Waals surface area contributed by atoms with Crippen molar-refractivity contribution in [3.63, 3.8) is 0 Å². The van der Waals surface area contributed by atoms with Gasteiger partial charge >= 0.3 is 5.97 Å². The molecule has 1 fully saturated rings. The van der Waals surface area contributed by atoms with E-state index in [-0.39, 0.29) is 24.3 Å². The Morgan fingerprint density at radius 3 is 2.55 bits per heavy atom. The molecule has 29 heavy (non-hydrogen) atoms. The lowest BCUT2D eigenvalue weighted by Crippen LogP contribution is -2.61. The normalized spacial score (nSPS) is 20.5. The van der Waals surface area contributed by atoms with E-state index in [9.17, 15) is 26.7 Å². The van der Waals surface area contributed by atoms with E-state index in [0.717, 1.165) is 6.07 Å². The SMILES string of the molecule is Cc1cccnc1C(=O)O.Nc1cc(F)c(F)c([C@@]2(CF)NCCCC2(F)F)c1. The van der Waals surface area contributed by atoms with E-state index in [2.05, 4.69) is 10.3 Å². The number of nitrogens with zero attached hydrogens (tertiary/aromatic N) is 1. The molecule has 0 amide bonds. The maximum atomic E-state index is 14.0. The molecule has 2 heterocycles. The molecule has 0 bridgehead atoms. The van der Waals surface area contributed by atoms with Gasteiger partial charge in [-0.15, -0.1) is 0 Å². The first-order valence-corrected chi connectivity index (χ1v) is 8.64. The molecule has 1 saturated heterocycles. The number of nitrogen functional groups attached to an aromatic ring is 1. The second-order valence-electron chi connectivity index (χ2n) is 6.61. The number of aromatic carboxylic acids is 1. The van der Waals surface area contributed by atoms with Gasteiger partial charge in [0.2, 0.25) is 0 Å². The molecule has 5 nitrogen and oxygen atoms in total. The summed E-state index contributed by atoms with van der Waals surface area (Å²) in [7, 11) is 0. The fraction of sp³-hybridized carbons (Fsp3) is 0.368. The number of halogens is 5. The number of aryl methyl sites for hydroxylation is 1. The summed E-state index contributed by atoms with van der Waals surface area (Å²) in [6.07, 6.45) is 0.997. The Bertz CT molecular complexity index is 894. The minimum Gasteiger partial charge on any atom is -0.477 e. The second-order valence-corrected chi connectivity index (χ2v) is 6.61. The Hall–Kier alpha value is -2.75. The van der Waals surface area contributed by atoms with Crippen LogP contribution in [0.15, 0.2) is 30.5 Å². The lowest BCUT2D eigenvalue weighted by Gasteiger charge is -2.43. The van der Waals surface area contributed by atoms with Gasteiger partial charge < -0.3 is 16.2 Å². The van der Waals surface area contributed by atoms with E-state index in [1.165, 1.54) is 6.20 Å². The number of anilines is 1. The summed E-state index contributed by atoms with van der Waals surface area (Å²) in [6.45, 7) is 0.256. The second kappa shape index (κ2) is 8.73. The van der Waals surface area contributed by atoms with Crippen LogP contribution in [-0.2, 0) is 5.54 Å². The van der Waals surface area contributed by atoms with Crippen molar-refractivity contribution in [1.82, 2.24) is 10.3 Å². The zero-order chi connectivity index (χ0) is 21.8. The topological polar surface area (TPSA) is 88.2 Å². The molecule has 0 unspecified atom stereocenters. The summed E-state index contributed by atoms with van der Waals surface area (Å²) in [5.74, 6) is -7.37. The molecule has 1 aliphatic rings. The van der Waals surface area contributed by atoms with Crippen LogP contribution in [0.3, 0.4) is 0 Å². The molecule has 10 heteroatoms. The number of carboxylic acid groups (broad SMARTS) is 1. The van der Waals surface area contributed by atoms with Crippen LogP contribution < -0.4 is 11.1 Å². The maximum absolute atomic E-state index is 14.0. The molecule has 0 spiro atoms. The first-order valence-electron chi connectivity index (χ1n) is 8.64. The molecular formula is C19H20F5N3O2. The average Bonchev–Trinajstić information content (AvgIpc) is 2.65. The largest absolute Gasteiger partial charge is 0.477 e. The molecule has 4 N–H and O–H groups in total. The van der Waals surface area contributed by atoms with Crippen LogP contribution in [0.1, 0.15) is 34.5 Å². The maximum Gasteiger partial charge on any atom is 0.354 e. The van der Waals surface area contributed by atoms with Crippen LogP contribution >= 0.6 is 0 Å². The number of pyridine rings is 1. The average molecular weight is 417 g/mol. The first kappa shape index (κ1) is 22.5. The molecule has 1 aromatic heterocycles. The molecule has 158 valence electrons. The predicted molar refractivity (Wildman–Crippen MR) is 96.5 cm³/mol. The summed E-state index contributed by atoms with van der Waals surface area (Å²) in [6, 6.07) is 4.95. The summed E-state index contributed by atoms with van der Waals surface area (Å²) < 4.78 is 68.4. The minimum atomic E-state index is -3.53. The van der Waals surface area contributed by atoms with Crippen molar-refractivity contribution >= 4 is 11.7 Å². The summed E-state index contributed by atoms with van der Waals surface area (Å²) in [4.78, 5) is 14.0. The summed E-state index contributed by atoms with van der Waals surface area (Å²) in [5.41, 5.74) is 2.59. The van der Waals surface area contributed by atoms with Gasteiger partial charge in [-0.1, -0.05) is 6.07 Å². The van der Waals surface area contributed by atoms with Crippen molar-refractivity contribution in [2.45, 2.75) is 31.2 Å². The molecule has 1 aliphatic heterocycles. The third-order valence-electron chi connectivity index (χ3n) is 4.64. The zero-order valence-corrected chi connectivity index (χ0v) is 15.5. The van der Waals surface area contributed by atoms with Crippen LogP contribution in [0, 0.1) is 18.6 Å². The number of carbonyl (C=O) groups is 1. The highest BCUT2D eigenvalue weighted by molar-refractivity contribution is 5.86. The highest BCUT2D eigenvalue weighted by Crippen LogP contribution is 2.45. The quantitative estimate of drug-likeness (QED) is 0.522. The van der Waals surface area contributed by atoms with Gasteiger partial charge in [0.25, 0.3) is 5.92 Å². The van der Waals surface area contributed by atoms with Crippen molar-refractivity contribution < 1.29 is 31.9 Å². The van der Waals surface area contributed by atoms with Crippen LogP contribution in [0.4, 0.5) is 27.6 Å². The molecule has 3 rings (SSSR count). The molecule has 0 aliphatic carbocycles. The number of carboxylic acids is 1. The standard InChI is InChI=1S/C12H13F5N2.C7H7NO2/c13-6-11(12(16,17)2-1-3-19-11)8-4-7(18)5-9(14)10(8)15;1-5-3-2-4-8-6(5)7(9)10/h4-5,19H,1-3,6,18H2;2-4H,1H3,(H,9,10)/t11-;/m1./s1. The number of alkyl halides is 3. The van der Waals surface area contributed by atoms with E-state index in [4.69, 9.17) is 10.8 Å². The number of aromatic nitrogens is 1. The third-order valence-corrected chi connectivity index (χ3v) is 4.64. The van der Waals surface area contributed by atoms with E-state index in [1.54, 1.807) is 19.1 Å². The fourth-order valence-corrected chi connectivity index (χ4v) is 3.09. The Morgan fingerprint density at radius 2 is 2.03 bits per heavy atom. The van der Waals surface area contributed by atoms with Crippen LogP contribution in [0.5, 0.6) is 0 Å². The number of nitrogens with one attached hydrogen (secondary N) is 1. The minimum absolute atomic E-state index is 0.0926. The van der Waals surface area contributed by atoms with Gasteiger partial charge in [0.15, 0.2) is 17.3 Å². The van der Waals surface area contributed by atoms with E-state index < -0.39 is 47.7 Å². The number of hydrogen-bond donors (Lipinski definition) is 3. The number of nitrogens with two attached hydrogens (primary N) is 1. The van der Waals surface area contributed by atoms with Gasteiger partial charge in [-0.05, 0) is 43.7 Å². The van der Waals surface area contributed by atoms with Gasteiger partial charge in [0.05, 0.1) is 0 Å². The van der Waals surface area contributed by atoms with Gasteiger partial charge in [0, 0.05) is 23.9 Å². The predicted octanol–water partition coefficient (Wildman–Crippen LogP) is 3.82. The Morgan fingerprint density at radius 1 is 1.34 bits per heavy atom. The highest BCUT2D eigenvalue weighted by atomic mass is 19.3. The third kappa shape index (κ3) is 4.47. The lowest BCUT2D eigenvalue weighted by atomic mass is 9.79. The zero-order valence-electron chi connectivity index (χ0n) is 15.5. The molecule has 1 atom stereocenters. The summed E-state index contributed by atoms with van der Waals surface area (Å²) >= 11 is 0. The fourth-order valence-electron chi connectivity index (χ4n) is 3.09.